The van der Waals surface area contributed by atoms with Crippen LogP contribution in [0.5, 0.6) is 0 Å². The molecule has 1 saturated heterocycles. The normalized spacial score (nSPS) is 14.9. The Morgan fingerprint density at radius 3 is 2.52 bits per heavy atom. The molecule has 0 saturated carbocycles. The number of likely N-dealkylation sites (tertiary alicyclic amines) is 1. The van der Waals surface area contributed by atoms with Gasteiger partial charge in [0.25, 0.3) is 0 Å². The Labute approximate surface area is 146 Å². The third-order valence-electron chi connectivity index (χ3n) is 4.70. The van der Waals surface area contributed by atoms with Gasteiger partial charge in [0.2, 0.25) is 0 Å². The minimum atomic E-state index is -0.325. The summed E-state index contributed by atoms with van der Waals surface area (Å²) in [6.07, 6.45) is 4.03. The summed E-state index contributed by atoms with van der Waals surface area (Å²) in [5, 5.41) is 4.00. The van der Waals surface area contributed by atoms with Crippen LogP contribution < -0.4 is 5.32 Å². The van der Waals surface area contributed by atoms with Gasteiger partial charge in [-0.25, -0.2) is 14.4 Å². The van der Waals surface area contributed by atoms with Crippen LogP contribution in [0.4, 0.5) is 10.2 Å². The standard InChI is InChI=1S/C20H21FN4/c21-18-5-3-4-17-19(18)23-14-24-20(17)22-12-15-6-8-16(9-7-15)13-25-10-1-2-11-25/h3-9,14H,1-2,10-13H2,(H,22,23,24). The molecule has 25 heavy (non-hydrogen) atoms. The maximum Gasteiger partial charge on any atom is 0.149 e. The van der Waals surface area contributed by atoms with Crippen LogP contribution in [-0.2, 0) is 13.1 Å². The molecule has 128 valence electrons. The third kappa shape index (κ3) is 3.61. The van der Waals surface area contributed by atoms with Gasteiger partial charge in [-0.1, -0.05) is 30.3 Å². The Hall–Kier alpha value is -2.53. The monoisotopic (exact) mass is 336 g/mol. The molecule has 0 atom stereocenters. The van der Waals surface area contributed by atoms with Gasteiger partial charge in [-0.3, -0.25) is 4.90 Å². The van der Waals surface area contributed by atoms with E-state index in [1.54, 1.807) is 6.07 Å². The lowest BCUT2D eigenvalue weighted by Gasteiger charge is -2.15. The second kappa shape index (κ2) is 7.15. The van der Waals surface area contributed by atoms with E-state index in [9.17, 15) is 4.39 Å². The molecule has 0 unspecified atom stereocenters. The van der Waals surface area contributed by atoms with Crippen LogP contribution in [0.2, 0.25) is 0 Å². The van der Waals surface area contributed by atoms with Crippen molar-refractivity contribution in [3.8, 4) is 0 Å². The molecule has 4 rings (SSSR count). The topological polar surface area (TPSA) is 41.0 Å². The highest BCUT2D eigenvalue weighted by atomic mass is 19.1. The number of anilines is 1. The highest BCUT2D eigenvalue weighted by molar-refractivity contribution is 5.89. The average molecular weight is 336 g/mol. The van der Waals surface area contributed by atoms with E-state index in [0.29, 0.717) is 23.3 Å². The lowest BCUT2D eigenvalue weighted by molar-refractivity contribution is 0.331. The number of fused-ring (bicyclic) bond motifs is 1. The van der Waals surface area contributed by atoms with E-state index in [1.807, 2.05) is 6.07 Å². The number of nitrogens with one attached hydrogen (secondary N) is 1. The number of para-hydroxylation sites is 1. The van der Waals surface area contributed by atoms with E-state index in [1.165, 1.54) is 49.5 Å². The number of aromatic nitrogens is 2. The van der Waals surface area contributed by atoms with Crippen molar-refractivity contribution in [3.05, 3.63) is 65.7 Å². The van der Waals surface area contributed by atoms with Crippen molar-refractivity contribution in [3.63, 3.8) is 0 Å². The van der Waals surface area contributed by atoms with E-state index in [-0.39, 0.29) is 5.82 Å². The molecule has 0 aliphatic carbocycles. The molecule has 0 amide bonds. The van der Waals surface area contributed by atoms with E-state index in [2.05, 4.69) is 44.5 Å². The Morgan fingerprint density at radius 2 is 1.72 bits per heavy atom. The smallest absolute Gasteiger partial charge is 0.149 e. The second-order valence-corrected chi connectivity index (χ2v) is 6.51. The molecule has 1 fully saturated rings. The molecule has 4 nitrogen and oxygen atoms in total. The van der Waals surface area contributed by atoms with Gasteiger partial charge >= 0.3 is 0 Å². The molecule has 3 aromatic rings. The summed E-state index contributed by atoms with van der Waals surface area (Å²) >= 11 is 0. The maximum absolute atomic E-state index is 13.8. The number of halogens is 1. The Balaban J connectivity index is 1.44. The van der Waals surface area contributed by atoms with Gasteiger partial charge in [-0.15, -0.1) is 0 Å². The minimum Gasteiger partial charge on any atom is -0.365 e. The lowest BCUT2D eigenvalue weighted by Crippen LogP contribution is -2.18. The molecule has 1 aliphatic heterocycles. The van der Waals surface area contributed by atoms with Crippen molar-refractivity contribution in [2.45, 2.75) is 25.9 Å². The first-order valence-corrected chi connectivity index (χ1v) is 8.73. The first-order valence-electron chi connectivity index (χ1n) is 8.73. The summed E-state index contributed by atoms with van der Waals surface area (Å²) in [6.45, 7) is 4.09. The summed E-state index contributed by atoms with van der Waals surface area (Å²) in [4.78, 5) is 10.8. The van der Waals surface area contributed by atoms with Crippen molar-refractivity contribution in [1.82, 2.24) is 14.9 Å². The fourth-order valence-corrected chi connectivity index (χ4v) is 3.34. The molecule has 0 spiro atoms. The van der Waals surface area contributed by atoms with E-state index < -0.39 is 0 Å². The van der Waals surface area contributed by atoms with Crippen LogP contribution >= 0.6 is 0 Å². The van der Waals surface area contributed by atoms with Crippen LogP contribution in [0.1, 0.15) is 24.0 Å². The number of hydrogen-bond donors (Lipinski definition) is 1. The molecule has 0 bridgehead atoms. The van der Waals surface area contributed by atoms with Crippen LogP contribution in [0.3, 0.4) is 0 Å². The molecule has 1 N–H and O–H groups in total. The first kappa shape index (κ1) is 16.0. The zero-order valence-electron chi connectivity index (χ0n) is 14.1. The zero-order valence-corrected chi connectivity index (χ0v) is 14.1. The lowest BCUT2D eigenvalue weighted by atomic mass is 10.1. The maximum atomic E-state index is 13.8. The van der Waals surface area contributed by atoms with Crippen molar-refractivity contribution in [2.24, 2.45) is 0 Å². The quantitative estimate of drug-likeness (QED) is 0.765. The average Bonchev–Trinajstić information content (AvgIpc) is 3.15. The van der Waals surface area contributed by atoms with Crippen molar-refractivity contribution in [2.75, 3.05) is 18.4 Å². The SMILES string of the molecule is Fc1cccc2c(NCc3ccc(CN4CCCC4)cc3)ncnc12. The third-order valence-corrected chi connectivity index (χ3v) is 4.70. The predicted molar refractivity (Wildman–Crippen MR) is 97.8 cm³/mol. The predicted octanol–water partition coefficient (Wildman–Crippen LogP) is 3.98. The van der Waals surface area contributed by atoms with Gasteiger partial charge in [0, 0.05) is 18.5 Å². The molecule has 1 aliphatic rings. The van der Waals surface area contributed by atoms with E-state index in [0.717, 1.165) is 6.54 Å². The van der Waals surface area contributed by atoms with Gasteiger partial charge in [-0.2, -0.15) is 0 Å². The molecular formula is C20H21FN4. The Morgan fingerprint density at radius 1 is 0.960 bits per heavy atom. The summed E-state index contributed by atoms with van der Waals surface area (Å²) < 4.78 is 13.8. The summed E-state index contributed by atoms with van der Waals surface area (Å²) in [5.74, 6) is 0.333. The van der Waals surface area contributed by atoms with Crippen molar-refractivity contribution in [1.29, 1.82) is 0 Å². The van der Waals surface area contributed by atoms with E-state index >= 15 is 0 Å². The molecule has 1 aromatic heterocycles. The first-order chi connectivity index (χ1) is 12.3. The summed E-state index contributed by atoms with van der Waals surface area (Å²) in [5.41, 5.74) is 2.87. The molecule has 0 radical (unpaired) electrons. The zero-order chi connectivity index (χ0) is 17.1. The molecular weight excluding hydrogens is 315 g/mol. The highest BCUT2D eigenvalue weighted by Crippen LogP contribution is 2.22. The molecule has 2 aromatic carbocycles. The van der Waals surface area contributed by atoms with Crippen LogP contribution in [0, 0.1) is 5.82 Å². The van der Waals surface area contributed by atoms with Crippen molar-refractivity contribution < 1.29 is 4.39 Å². The van der Waals surface area contributed by atoms with Gasteiger partial charge in [-0.05, 0) is 49.2 Å². The van der Waals surface area contributed by atoms with Gasteiger partial charge in [0.1, 0.15) is 23.5 Å². The van der Waals surface area contributed by atoms with Crippen molar-refractivity contribution >= 4 is 16.7 Å². The number of hydrogen-bond acceptors (Lipinski definition) is 4. The molecule has 2 heterocycles. The van der Waals surface area contributed by atoms with Crippen LogP contribution in [0.15, 0.2) is 48.8 Å². The largest absolute Gasteiger partial charge is 0.365 e. The fraction of sp³-hybridized carbons (Fsp3) is 0.300. The molecule has 5 heteroatoms. The van der Waals surface area contributed by atoms with Gasteiger partial charge < -0.3 is 5.32 Å². The van der Waals surface area contributed by atoms with Crippen LogP contribution in [0.25, 0.3) is 10.9 Å². The van der Waals surface area contributed by atoms with Crippen LogP contribution in [-0.4, -0.2) is 28.0 Å². The number of rotatable bonds is 5. The minimum absolute atomic E-state index is 0.325. The number of benzene rings is 2. The second-order valence-electron chi connectivity index (χ2n) is 6.51. The fourth-order valence-electron chi connectivity index (χ4n) is 3.34. The van der Waals surface area contributed by atoms with Gasteiger partial charge in [0.05, 0.1) is 0 Å². The highest BCUT2D eigenvalue weighted by Gasteiger charge is 2.11. The Kier molecular flexibility index (Phi) is 4.57. The van der Waals surface area contributed by atoms with E-state index in [4.69, 9.17) is 0 Å². The Bertz CT molecular complexity index is 857. The van der Waals surface area contributed by atoms with Gasteiger partial charge in [0.15, 0.2) is 0 Å². The summed E-state index contributed by atoms with van der Waals surface area (Å²) in [7, 11) is 0. The number of nitrogens with zero attached hydrogens (tertiary/aromatic N) is 3. The summed E-state index contributed by atoms with van der Waals surface area (Å²) in [6, 6.07) is 13.6.